The highest BCUT2D eigenvalue weighted by Crippen LogP contribution is 2.26. The fourth-order valence-corrected chi connectivity index (χ4v) is 6.79. The fourth-order valence-electron chi connectivity index (χ4n) is 6.79. The van der Waals surface area contributed by atoms with Gasteiger partial charge in [0.15, 0.2) is 11.9 Å². The van der Waals surface area contributed by atoms with Crippen LogP contribution in [0.5, 0.6) is 5.75 Å². The van der Waals surface area contributed by atoms with Gasteiger partial charge < -0.3 is 24.4 Å². The Bertz CT molecular complexity index is 1790. The number of aromatic hydroxyl groups is 1. The van der Waals surface area contributed by atoms with Gasteiger partial charge in [-0.1, -0.05) is 99.5 Å². The predicted molar refractivity (Wildman–Crippen MR) is 221 cm³/mol. The Kier molecular flexibility index (Phi) is 17.5. The van der Waals surface area contributed by atoms with Crippen molar-refractivity contribution in [2.24, 2.45) is 17.8 Å². The van der Waals surface area contributed by atoms with Crippen LogP contribution in [0.3, 0.4) is 0 Å². The smallest absolute Gasteiger partial charge is 0.328 e. The summed E-state index contributed by atoms with van der Waals surface area (Å²) in [5, 5.41) is 9.95. The van der Waals surface area contributed by atoms with Crippen LogP contribution >= 0.6 is 0 Å². The van der Waals surface area contributed by atoms with Gasteiger partial charge >= 0.3 is 11.9 Å². The molecule has 0 aliphatic carbocycles. The molecule has 0 bridgehead atoms. The van der Waals surface area contributed by atoms with Crippen molar-refractivity contribution >= 4 is 29.5 Å². The van der Waals surface area contributed by atoms with Crippen LogP contribution in [0.25, 0.3) is 0 Å². The molecule has 310 valence electrons. The number of Topliss-reactive ketones (excluding diaryl/α,β-unsaturated/α-hetero) is 1. The van der Waals surface area contributed by atoms with Gasteiger partial charge in [0.05, 0.1) is 7.11 Å². The number of ketones is 1. The van der Waals surface area contributed by atoms with E-state index in [1.54, 1.807) is 31.1 Å². The van der Waals surface area contributed by atoms with E-state index in [0.29, 0.717) is 18.4 Å². The lowest BCUT2D eigenvalue weighted by Crippen LogP contribution is -2.55. The Hall–Kier alpha value is -5.03. The maximum Gasteiger partial charge on any atom is 0.328 e. The highest BCUT2D eigenvalue weighted by molar-refractivity contribution is 5.94. The number of nitrogens with zero attached hydrogens (tertiary/aromatic N) is 3. The number of rotatable bonds is 20. The summed E-state index contributed by atoms with van der Waals surface area (Å²) in [6.07, 6.45) is -0.0562. The molecule has 0 unspecified atom stereocenters. The van der Waals surface area contributed by atoms with Crippen LogP contribution in [0.15, 0.2) is 72.8 Å². The Morgan fingerprint density at radius 3 is 1.51 bits per heavy atom. The third kappa shape index (κ3) is 13.0. The normalized spacial score (nSPS) is 14.5. The lowest BCUT2D eigenvalue weighted by Gasteiger charge is -2.36. The average molecular weight is 786 g/mol. The standard InChI is InChI=1S/C46H63N3O8/c1-12-32(6)42(57-46(55)39(47(7)8)26-33-17-13-30(4)14-18-33)41(51)28-37(29(2)3)43(52)48(9)38(25-35-21-23-36(50)24-22-35)44(53)49(10)40(45(54)56-11)27-34-19-15-31(5)16-20-34/h13-24,29,32,37-40,42,50H,12,25-28H2,1-11H3/t32-,37-,38-,39-,40-,42-/m1/s1. The molecule has 0 aliphatic rings. The van der Waals surface area contributed by atoms with Crippen LogP contribution in [-0.2, 0) is 52.7 Å². The number of benzene rings is 3. The molecule has 2 amide bonds. The van der Waals surface area contributed by atoms with Gasteiger partial charge in [0.2, 0.25) is 11.8 Å². The quantitative estimate of drug-likeness (QED) is 0.137. The third-order valence-corrected chi connectivity index (χ3v) is 11.0. The minimum absolute atomic E-state index is 0.0500. The van der Waals surface area contributed by atoms with Crippen LogP contribution in [0, 0.1) is 31.6 Å². The highest BCUT2D eigenvalue weighted by atomic mass is 16.5. The van der Waals surface area contributed by atoms with Crippen molar-refractivity contribution in [1.82, 2.24) is 14.7 Å². The number of likely N-dealkylation sites (N-methyl/N-ethyl adjacent to an activating group) is 3. The van der Waals surface area contributed by atoms with Crippen LogP contribution in [-0.4, -0.2) is 109 Å². The second-order valence-corrected chi connectivity index (χ2v) is 15.9. The number of esters is 2. The van der Waals surface area contributed by atoms with Crippen LogP contribution in [0.1, 0.15) is 68.4 Å². The molecule has 6 atom stereocenters. The second-order valence-electron chi connectivity index (χ2n) is 15.9. The number of ether oxygens (including phenoxy) is 2. The van der Waals surface area contributed by atoms with Crippen molar-refractivity contribution in [3.63, 3.8) is 0 Å². The predicted octanol–water partition coefficient (Wildman–Crippen LogP) is 5.98. The number of hydrogen-bond donors (Lipinski definition) is 1. The number of methoxy groups -OCH3 is 1. The third-order valence-electron chi connectivity index (χ3n) is 11.0. The number of amides is 2. The Labute approximate surface area is 339 Å². The zero-order chi connectivity index (χ0) is 42.6. The Morgan fingerprint density at radius 2 is 1.07 bits per heavy atom. The van der Waals surface area contributed by atoms with Crippen molar-refractivity contribution in [2.75, 3.05) is 35.3 Å². The van der Waals surface area contributed by atoms with Crippen LogP contribution in [0.2, 0.25) is 0 Å². The first-order valence-corrected chi connectivity index (χ1v) is 19.8. The summed E-state index contributed by atoms with van der Waals surface area (Å²) in [5.74, 6) is -3.85. The summed E-state index contributed by atoms with van der Waals surface area (Å²) in [6, 6.07) is 19.2. The number of phenols is 1. The van der Waals surface area contributed by atoms with Crippen molar-refractivity contribution < 1.29 is 38.6 Å². The average Bonchev–Trinajstić information content (AvgIpc) is 3.19. The maximum atomic E-state index is 14.6. The molecule has 11 nitrogen and oxygen atoms in total. The largest absolute Gasteiger partial charge is 0.508 e. The number of phenolic OH excluding ortho intramolecular Hbond substituents is 1. The zero-order valence-electron chi connectivity index (χ0n) is 35.7. The van der Waals surface area contributed by atoms with Gasteiger partial charge in [-0.3, -0.25) is 24.1 Å². The van der Waals surface area contributed by atoms with Crippen LogP contribution < -0.4 is 0 Å². The number of aryl methyl sites for hydroxylation is 2. The topological polar surface area (TPSA) is 134 Å². The van der Waals surface area contributed by atoms with E-state index in [2.05, 4.69) is 0 Å². The summed E-state index contributed by atoms with van der Waals surface area (Å²) < 4.78 is 11.2. The summed E-state index contributed by atoms with van der Waals surface area (Å²) in [7, 11) is 7.92. The van der Waals surface area contributed by atoms with E-state index in [4.69, 9.17) is 9.47 Å². The minimum Gasteiger partial charge on any atom is -0.508 e. The van der Waals surface area contributed by atoms with Gasteiger partial charge in [0, 0.05) is 45.2 Å². The summed E-state index contributed by atoms with van der Waals surface area (Å²) in [5.41, 5.74) is 4.63. The first-order chi connectivity index (χ1) is 26.9. The van der Waals surface area contributed by atoms with E-state index in [1.807, 2.05) is 90.1 Å². The van der Waals surface area contributed by atoms with E-state index in [9.17, 15) is 29.1 Å². The molecule has 0 aliphatic heterocycles. The molecule has 1 N–H and O–H groups in total. The van der Waals surface area contributed by atoms with Crippen LogP contribution in [0.4, 0.5) is 0 Å². The molecule has 3 aromatic carbocycles. The lowest BCUT2D eigenvalue weighted by atomic mass is 9.85. The van der Waals surface area contributed by atoms with E-state index in [0.717, 1.165) is 22.3 Å². The molecule has 3 aromatic rings. The van der Waals surface area contributed by atoms with E-state index < -0.39 is 53.9 Å². The molecule has 0 fully saturated rings. The molecule has 0 spiro atoms. The SMILES string of the molecule is CC[C@@H](C)[C@@H](OC(=O)[C@@H](Cc1ccc(C)cc1)N(C)C)C(=O)C[C@@H](C(=O)N(C)[C@H](Cc1ccc(O)cc1)C(=O)N(C)[C@H](Cc1ccc(C)cc1)C(=O)OC)C(C)C. The van der Waals surface area contributed by atoms with Crippen molar-refractivity contribution in [2.45, 2.75) is 97.9 Å². The van der Waals surface area contributed by atoms with Crippen molar-refractivity contribution in [3.05, 3.63) is 101 Å². The minimum atomic E-state index is -1.08. The van der Waals surface area contributed by atoms with Crippen molar-refractivity contribution in [1.29, 1.82) is 0 Å². The first-order valence-electron chi connectivity index (χ1n) is 19.8. The lowest BCUT2D eigenvalue weighted by molar-refractivity contribution is -0.163. The maximum absolute atomic E-state index is 14.6. The first kappa shape index (κ1) is 46.4. The zero-order valence-corrected chi connectivity index (χ0v) is 35.7. The molecule has 3 rings (SSSR count). The van der Waals surface area contributed by atoms with E-state index in [-0.39, 0.29) is 42.6 Å². The molecular weight excluding hydrogens is 723 g/mol. The molecule has 57 heavy (non-hydrogen) atoms. The van der Waals surface area contributed by atoms with Gasteiger partial charge in [-0.25, -0.2) is 4.79 Å². The second kappa shape index (κ2) is 21.5. The molecule has 0 heterocycles. The molecule has 0 radical (unpaired) electrons. The Morgan fingerprint density at radius 1 is 0.632 bits per heavy atom. The van der Waals surface area contributed by atoms with E-state index in [1.165, 1.54) is 43.1 Å². The fraction of sp³-hybridized carbons (Fsp3) is 0.500. The van der Waals surface area contributed by atoms with Crippen molar-refractivity contribution in [3.8, 4) is 5.75 Å². The van der Waals surface area contributed by atoms with Gasteiger partial charge in [-0.05, 0) is 75.5 Å². The van der Waals surface area contributed by atoms with Gasteiger partial charge in [-0.15, -0.1) is 0 Å². The summed E-state index contributed by atoms with van der Waals surface area (Å²) in [4.78, 5) is 74.7. The molecule has 0 saturated carbocycles. The molecular formula is C46H63N3O8. The highest BCUT2D eigenvalue weighted by Gasteiger charge is 2.40. The number of hydrogen-bond acceptors (Lipinski definition) is 9. The number of carbonyl (C=O) groups excluding carboxylic acids is 5. The molecule has 11 heteroatoms. The number of carbonyl (C=O) groups is 5. The molecule has 0 aromatic heterocycles. The van der Waals surface area contributed by atoms with Gasteiger partial charge in [0.1, 0.15) is 23.9 Å². The monoisotopic (exact) mass is 785 g/mol. The van der Waals surface area contributed by atoms with E-state index >= 15 is 0 Å². The van der Waals surface area contributed by atoms with Gasteiger partial charge in [0.25, 0.3) is 0 Å². The summed E-state index contributed by atoms with van der Waals surface area (Å²) in [6.45, 7) is 11.4. The molecule has 0 saturated heterocycles. The Balaban J connectivity index is 1.93. The van der Waals surface area contributed by atoms with Gasteiger partial charge in [-0.2, -0.15) is 0 Å². The summed E-state index contributed by atoms with van der Waals surface area (Å²) >= 11 is 0.